The van der Waals surface area contributed by atoms with Crippen LogP contribution in [-0.2, 0) is 9.53 Å². The SMILES string of the molecule is C=CC1c2cc3ccccc3n2C(=O)C1C(=O)OCC. The monoisotopic (exact) mass is 269 g/mol. The van der Waals surface area contributed by atoms with Crippen molar-refractivity contribution in [2.45, 2.75) is 12.8 Å². The first-order valence-electron chi connectivity index (χ1n) is 6.62. The summed E-state index contributed by atoms with van der Waals surface area (Å²) in [5.41, 5.74) is 1.63. The van der Waals surface area contributed by atoms with Gasteiger partial charge in [-0.25, -0.2) is 0 Å². The van der Waals surface area contributed by atoms with Gasteiger partial charge in [-0.05, 0) is 19.1 Å². The highest BCUT2D eigenvalue weighted by Gasteiger charge is 2.44. The van der Waals surface area contributed by atoms with Crippen molar-refractivity contribution in [2.24, 2.45) is 5.92 Å². The second-order valence-electron chi connectivity index (χ2n) is 4.79. The quantitative estimate of drug-likeness (QED) is 0.489. The Hall–Kier alpha value is -2.36. The molecule has 4 nitrogen and oxygen atoms in total. The lowest BCUT2D eigenvalue weighted by atomic mass is 9.92. The zero-order valence-corrected chi connectivity index (χ0v) is 11.2. The lowest BCUT2D eigenvalue weighted by Crippen LogP contribution is -2.27. The number of esters is 1. The van der Waals surface area contributed by atoms with Gasteiger partial charge >= 0.3 is 5.97 Å². The normalized spacial score (nSPS) is 20.9. The predicted molar refractivity (Wildman–Crippen MR) is 75.6 cm³/mol. The molecule has 1 aliphatic heterocycles. The first-order chi connectivity index (χ1) is 9.69. The third-order valence-electron chi connectivity index (χ3n) is 3.72. The molecule has 0 amide bonds. The van der Waals surface area contributed by atoms with Crippen molar-refractivity contribution in [3.8, 4) is 0 Å². The largest absolute Gasteiger partial charge is 0.465 e. The first kappa shape index (κ1) is 12.7. The van der Waals surface area contributed by atoms with Crippen LogP contribution in [-0.4, -0.2) is 23.1 Å². The molecule has 1 aliphatic rings. The second kappa shape index (κ2) is 4.63. The van der Waals surface area contributed by atoms with E-state index in [1.165, 1.54) is 0 Å². The fraction of sp³-hybridized carbons (Fsp3) is 0.250. The van der Waals surface area contributed by atoms with Crippen LogP contribution in [0.5, 0.6) is 0 Å². The van der Waals surface area contributed by atoms with Crippen LogP contribution in [0, 0.1) is 5.92 Å². The molecular formula is C16H15NO3. The maximum Gasteiger partial charge on any atom is 0.319 e. The lowest BCUT2D eigenvalue weighted by molar-refractivity contribution is -0.146. The highest BCUT2D eigenvalue weighted by atomic mass is 16.5. The summed E-state index contributed by atoms with van der Waals surface area (Å²) in [6, 6.07) is 9.58. The molecule has 0 spiro atoms. The minimum absolute atomic E-state index is 0.232. The van der Waals surface area contributed by atoms with Crippen LogP contribution in [0.15, 0.2) is 43.0 Å². The van der Waals surface area contributed by atoms with Gasteiger partial charge in [-0.3, -0.25) is 14.2 Å². The molecule has 1 aromatic heterocycles. The molecule has 4 heteroatoms. The van der Waals surface area contributed by atoms with Gasteiger partial charge in [0.15, 0.2) is 0 Å². The summed E-state index contributed by atoms with van der Waals surface area (Å²) in [5, 5.41) is 0.991. The Morgan fingerprint density at radius 2 is 2.20 bits per heavy atom. The third-order valence-corrected chi connectivity index (χ3v) is 3.72. The number of benzene rings is 1. The third kappa shape index (κ3) is 1.61. The predicted octanol–water partition coefficient (Wildman–Crippen LogP) is 2.74. The molecule has 0 aliphatic carbocycles. The van der Waals surface area contributed by atoms with E-state index in [-0.39, 0.29) is 18.4 Å². The summed E-state index contributed by atoms with van der Waals surface area (Å²) < 4.78 is 6.63. The standard InChI is InChI=1S/C16H15NO3/c1-3-11-13-9-10-7-5-6-8-12(10)17(13)15(18)14(11)16(19)20-4-2/h3,5-9,11,14H,1,4H2,2H3. The van der Waals surface area contributed by atoms with Gasteiger partial charge in [-0.2, -0.15) is 0 Å². The number of rotatable bonds is 3. The molecule has 2 atom stereocenters. The van der Waals surface area contributed by atoms with Gasteiger partial charge in [-0.1, -0.05) is 24.3 Å². The molecule has 0 bridgehead atoms. The van der Waals surface area contributed by atoms with Gasteiger partial charge in [0.25, 0.3) is 0 Å². The molecule has 0 fully saturated rings. The zero-order chi connectivity index (χ0) is 14.3. The average molecular weight is 269 g/mol. The topological polar surface area (TPSA) is 48.3 Å². The fourth-order valence-electron chi connectivity index (χ4n) is 2.87. The smallest absolute Gasteiger partial charge is 0.319 e. The van der Waals surface area contributed by atoms with Crippen molar-refractivity contribution in [2.75, 3.05) is 6.61 Å². The second-order valence-corrected chi connectivity index (χ2v) is 4.79. The van der Waals surface area contributed by atoms with Gasteiger partial charge in [-0.15, -0.1) is 6.58 Å². The number of allylic oxidation sites excluding steroid dienone is 1. The van der Waals surface area contributed by atoms with Crippen LogP contribution in [0.3, 0.4) is 0 Å². The molecule has 102 valence electrons. The van der Waals surface area contributed by atoms with Crippen LogP contribution < -0.4 is 0 Å². The summed E-state index contributed by atoms with van der Waals surface area (Å²) >= 11 is 0. The summed E-state index contributed by atoms with van der Waals surface area (Å²) in [6.45, 7) is 5.76. The molecule has 2 unspecified atom stereocenters. The van der Waals surface area contributed by atoms with Crippen molar-refractivity contribution in [1.29, 1.82) is 0 Å². The minimum atomic E-state index is -0.813. The minimum Gasteiger partial charge on any atom is -0.465 e. The van der Waals surface area contributed by atoms with Crippen LogP contribution in [0.4, 0.5) is 0 Å². The van der Waals surface area contributed by atoms with E-state index in [2.05, 4.69) is 6.58 Å². The number of carbonyl (C=O) groups is 2. The average Bonchev–Trinajstić information content (AvgIpc) is 2.94. The summed E-state index contributed by atoms with van der Waals surface area (Å²) in [4.78, 5) is 24.6. The van der Waals surface area contributed by atoms with E-state index in [1.807, 2.05) is 30.3 Å². The van der Waals surface area contributed by atoms with E-state index in [1.54, 1.807) is 17.6 Å². The van der Waals surface area contributed by atoms with Crippen LogP contribution in [0.1, 0.15) is 23.3 Å². The van der Waals surface area contributed by atoms with Gasteiger partial charge in [0, 0.05) is 17.0 Å². The number of nitrogens with zero attached hydrogens (tertiary/aromatic N) is 1. The first-order valence-corrected chi connectivity index (χ1v) is 6.62. The Balaban J connectivity index is 2.15. The molecule has 0 radical (unpaired) electrons. The maximum absolute atomic E-state index is 12.6. The summed E-state index contributed by atoms with van der Waals surface area (Å²) in [7, 11) is 0. The number of fused-ring (bicyclic) bond motifs is 3. The van der Waals surface area contributed by atoms with Crippen molar-refractivity contribution in [3.05, 3.63) is 48.7 Å². The molecular weight excluding hydrogens is 254 g/mol. The van der Waals surface area contributed by atoms with E-state index in [9.17, 15) is 9.59 Å². The molecule has 3 rings (SSSR count). The highest BCUT2D eigenvalue weighted by molar-refractivity contribution is 6.07. The van der Waals surface area contributed by atoms with E-state index >= 15 is 0 Å². The van der Waals surface area contributed by atoms with Crippen molar-refractivity contribution in [1.82, 2.24) is 4.57 Å². The molecule has 2 heterocycles. The number of ether oxygens (including phenoxy) is 1. The molecule has 0 saturated carbocycles. The van der Waals surface area contributed by atoms with Crippen LogP contribution >= 0.6 is 0 Å². The van der Waals surface area contributed by atoms with E-state index < -0.39 is 11.9 Å². The van der Waals surface area contributed by atoms with Crippen LogP contribution in [0.25, 0.3) is 10.9 Å². The molecule has 20 heavy (non-hydrogen) atoms. The van der Waals surface area contributed by atoms with Crippen molar-refractivity contribution < 1.29 is 14.3 Å². The Morgan fingerprint density at radius 1 is 1.45 bits per heavy atom. The Bertz CT molecular complexity index is 714. The Kier molecular flexibility index (Phi) is 2.93. The Labute approximate surface area is 116 Å². The lowest BCUT2D eigenvalue weighted by Gasteiger charge is -2.12. The molecule has 1 aromatic carbocycles. The van der Waals surface area contributed by atoms with Crippen molar-refractivity contribution in [3.63, 3.8) is 0 Å². The van der Waals surface area contributed by atoms with Gasteiger partial charge in [0.1, 0.15) is 5.92 Å². The number of hydrogen-bond donors (Lipinski definition) is 0. The van der Waals surface area contributed by atoms with Crippen molar-refractivity contribution >= 4 is 22.8 Å². The highest BCUT2D eigenvalue weighted by Crippen LogP contribution is 2.39. The number of hydrogen-bond acceptors (Lipinski definition) is 3. The fourth-order valence-corrected chi connectivity index (χ4v) is 2.87. The molecule has 0 saturated heterocycles. The number of aromatic nitrogens is 1. The zero-order valence-electron chi connectivity index (χ0n) is 11.2. The van der Waals surface area contributed by atoms with Gasteiger partial charge in [0.05, 0.1) is 12.1 Å². The summed E-state index contributed by atoms with van der Waals surface area (Å²) in [6.07, 6.45) is 1.65. The van der Waals surface area contributed by atoms with Gasteiger partial charge in [0.2, 0.25) is 5.91 Å². The maximum atomic E-state index is 12.6. The Morgan fingerprint density at radius 3 is 2.90 bits per heavy atom. The van der Waals surface area contributed by atoms with E-state index in [0.29, 0.717) is 0 Å². The number of para-hydroxylation sites is 1. The van der Waals surface area contributed by atoms with E-state index in [0.717, 1.165) is 16.6 Å². The van der Waals surface area contributed by atoms with Gasteiger partial charge < -0.3 is 4.74 Å². The van der Waals surface area contributed by atoms with Crippen LogP contribution in [0.2, 0.25) is 0 Å². The summed E-state index contributed by atoms with van der Waals surface area (Å²) in [5.74, 6) is -1.85. The van der Waals surface area contributed by atoms with E-state index in [4.69, 9.17) is 4.74 Å². The number of carbonyl (C=O) groups excluding carboxylic acids is 2. The molecule has 2 aromatic rings. The molecule has 0 N–H and O–H groups in total.